The maximum absolute atomic E-state index is 6.36. The van der Waals surface area contributed by atoms with E-state index in [2.05, 4.69) is 31.9 Å². The third-order valence-electron chi connectivity index (χ3n) is 3.39. The molecular weight excluding hydrogens is 274 g/mol. The first-order chi connectivity index (χ1) is 9.25. The molecule has 20 heavy (non-hydrogen) atoms. The highest BCUT2D eigenvalue weighted by Crippen LogP contribution is 2.41. The second-order valence-electron chi connectivity index (χ2n) is 5.86. The summed E-state index contributed by atoms with van der Waals surface area (Å²) in [6, 6.07) is 4.01. The molecule has 2 aromatic rings. The van der Waals surface area contributed by atoms with Crippen LogP contribution < -0.4 is 10.5 Å². The lowest BCUT2D eigenvalue weighted by Gasteiger charge is -2.22. The van der Waals surface area contributed by atoms with E-state index < -0.39 is 0 Å². The average molecular weight is 294 g/mol. The number of nitrogen functional groups attached to an aromatic ring is 1. The Bertz CT molecular complexity index is 641. The van der Waals surface area contributed by atoms with Crippen LogP contribution in [0.2, 0.25) is 5.02 Å². The van der Waals surface area contributed by atoms with Crippen molar-refractivity contribution in [3.8, 4) is 16.9 Å². The van der Waals surface area contributed by atoms with Gasteiger partial charge in [-0.1, -0.05) is 32.4 Å². The van der Waals surface area contributed by atoms with E-state index in [1.54, 1.807) is 25.0 Å². The van der Waals surface area contributed by atoms with Gasteiger partial charge >= 0.3 is 0 Å². The topological polar surface area (TPSA) is 53.1 Å². The van der Waals surface area contributed by atoms with Gasteiger partial charge in [0.2, 0.25) is 0 Å². The fourth-order valence-corrected chi connectivity index (χ4v) is 2.38. The van der Waals surface area contributed by atoms with E-state index in [4.69, 9.17) is 22.1 Å². The molecule has 2 N–H and O–H groups in total. The number of hydrogen-bond acceptors (Lipinski definition) is 3. The zero-order valence-electron chi connectivity index (χ0n) is 12.5. The minimum Gasteiger partial charge on any atom is -0.495 e. The number of benzene rings is 1. The van der Waals surface area contributed by atoms with Crippen LogP contribution in [0.5, 0.6) is 5.75 Å². The van der Waals surface area contributed by atoms with Gasteiger partial charge in [0.05, 0.1) is 18.3 Å². The predicted octanol–water partition coefficient (Wildman–Crippen LogP) is 3.63. The van der Waals surface area contributed by atoms with Crippen molar-refractivity contribution >= 4 is 17.4 Å². The Kier molecular flexibility index (Phi) is 3.69. The normalized spacial score (nSPS) is 11.7. The number of aromatic nitrogens is 2. The van der Waals surface area contributed by atoms with Crippen molar-refractivity contribution in [1.82, 2.24) is 9.78 Å². The molecule has 0 saturated carbocycles. The van der Waals surface area contributed by atoms with Crippen molar-refractivity contribution in [2.75, 3.05) is 12.8 Å². The molecule has 1 heterocycles. The van der Waals surface area contributed by atoms with E-state index in [-0.39, 0.29) is 5.41 Å². The minimum atomic E-state index is -0.0123. The van der Waals surface area contributed by atoms with Crippen LogP contribution in [-0.2, 0) is 12.5 Å². The number of methoxy groups -OCH3 is 1. The van der Waals surface area contributed by atoms with Gasteiger partial charge in [-0.05, 0) is 23.1 Å². The van der Waals surface area contributed by atoms with Gasteiger partial charge in [0.25, 0.3) is 0 Å². The summed E-state index contributed by atoms with van der Waals surface area (Å²) in [7, 11) is 3.41. The van der Waals surface area contributed by atoms with Gasteiger partial charge in [0.1, 0.15) is 11.6 Å². The predicted molar refractivity (Wildman–Crippen MR) is 83.3 cm³/mol. The quantitative estimate of drug-likeness (QED) is 0.920. The van der Waals surface area contributed by atoms with Crippen molar-refractivity contribution in [2.24, 2.45) is 7.05 Å². The summed E-state index contributed by atoms with van der Waals surface area (Å²) < 4.78 is 7.07. The molecule has 1 aromatic heterocycles. The minimum absolute atomic E-state index is 0.0123. The molecular formula is C15H20ClN3O. The molecule has 5 heteroatoms. The Morgan fingerprint density at radius 1 is 1.25 bits per heavy atom. The second kappa shape index (κ2) is 5.02. The SMILES string of the molecule is COc1c(Cl)cc(C(C)(C)C)cc1-c1cnn(C)c1N. The van der Waals surface area contributed by atoms with Crippen LogP contribution in [0.1, 0.15) is 26.3 Å². The summed E-state index contributed by atoms with van der Waals surface area (Å²) in [6.45, 7) is 6.42. The summed E-state index contributed by atoms with van der Waals surface area (Å²) in [5.41, 5.74) is 8.89. The van der Waals surface area contributed by atoms with Crippen molar-refractivity contribution in [1.29, 1.82) is 0 Å². The third-order valence-corrected chi connectivity index (χ3v) is 3.67. The maximum Gasteiger partial charge on any atom is 0.145 e. The molecule has 0 aliphatic heterocycles. The first kappa shape index (κ1) is 14.7. The van der Waals surface area contributed by atoms with Gasteiger partial charge in [0.15, 0.2) is 0 Å². The van der Waals surface area contributed by atoms with Crippen molar-refractivity contribution in [3.63, 3.8) is 0 Å². The Morgan fingerprint density at radius 3 is 2.35 bits per heavy atom. The fraction of sp³-hybridized carbons (Fsp3) is 0.400. The zero-order valence-corrected chi connectivity index (χ0v) is 13.2. The van der Waals surface area contributed by atoms with Crippen LogP contribution in [0.4, 0.5) is 5.82 Å². The maximum atomic E-state index is 6.36. The number of rotatable bonds is 2. The molecule has 0 fully saturated rings. The van der Waals surface area contributed by atoms with Gasteiger partial charge in [-0.25, -0.2) is 0 Å². The molecule has 0 unspecified atom stereocenters. The average Bonchev–Trinajstić information content (AvgIpc) is 2.68. The van der Waals surface area contributed by atoms with E-state index in [1.807, 2.05) is 6.07 Å². The zero-order chi connectivity index (χ0) is 15.1. The van der Waals surface area contributed by atoms with Crippen LogP contribution in [-0.4, -0.2) is 16.9 Å². The van der Waals surface area contributed by atoms with E-state index >= 15 is 0 Å². The number of hydrogen-bond donors (Lipinski definition) is 1. The van der Waals surface area contributed by atoms with E-state index in [9.17, 15) is 0 Å². The molecule has 2 rings (SSSR count). The number of ether oxygens (including phenoxy) is 1. The van der Waals surface area contributed by atoms with Gasteiger partial charge in [-0.15, -0.1) is 0 Å². The molecule has 108 valence electrons. The number of halogens is 1. The Hall–Kier alpha value is -1.68. The number of anilines is 1. The highest BCUT2D eigenvalue weighted by molar-refractivity contribution is 6.32. The monoisotopic (exact) mass is 293 g/mol. The van der Waals surface area contributed by atoms with Crippen LogP contribution in [0.25, 0.3) is 11.1 Å². The smallest absolute Gasteiger partial charge is 0.145 e. The van der Waals surface area contributed by atoms with Crippen LogP contribution >= 0.6 is 11.6 Å². The second-order valence-corrected chi connectivity index (χ2v) is 6.26. The number of aryl methyl sites for hydroxylation is 1. The molecule has 0 radical (unpaired) electrons. The first-order valence-corrected chi connectivity index (χ1v) is 6.79. The molecule has 0 aliphatic carbocycles. The summed E-state index contributed by atoms with van der Waals surface area (Å²) in [5.74, 6) is 1.21. The molecule has 4 nitrogen and oxygen atoms in total. The summed E-state index contributed by atoms with van der Waals surface area (Å²) >= 11 is 6.36. The van der Waals surface area contributed by atoms with Crippen molar-refractivity contribution < 1.29 is 4.74 Å². The van der Waals surface area contributed by atoms with Crippen molar-refractivity contribution in [3.05, 3.63) is 28.9 Å². The van der Waals surface area contributed by atoms with Gasteiger partial charge < -0.3 is 10.5 Å². The van der Waals surface area contributed by atoms with Crippen molar-refractivity contribution in [2.45, 2.75) is 26.2 Å². The molecule has 0 aliphatic rings. The van der Waals surface area contributed by atoms with E-state index in [1.165, 1.54) is 0 Å². The van der Waals surface area contributed by atoms with Gasteiger partial charge in [-0.2, -0.15) is 5.10 Å². The Morgan fingerprint density at radius 2 is 1.90 bits per heavy atom. The summed E-state index contributed by atoms with van der Waals surface area (Å²) in [6.07, 6.45) is 1.73. The highest BCUT2D eigenvalue weighted by atomic mass is 35.5. The third kappa shape index (κ3) is 2.48. The Labute approximate surface area is 124 Å². The van der Waals surface area contributed by atoms with Gasteiger partial charge in [-0.3, -0.25) is 4.68 Å². The van der Waals surface area contributed by atoms with Gasteiger partial charge in [0, 0.05) is 18.2 Å². The van der Waals surface area contributed by atoms with Crippen LogP contribution in [0.15, 0.2) is 18.3 Å². The van der Waals surface area contributed by atoms with Crippen LogP contribution in [0.3, 0.4) is 0 Å². The Balaban J connectivity index is 2.73. The standard InChI is InChI=1S/C15H20ClN3O/c1-15(2,3)9-6-10(13(20-5)12(16)7-9)11-8-18-19(4)14(11)17/h6-8H,17H2,1-5H3. The molecule has 1 aromatic carbocycles. The highest BCUT2D eigenvalue weighted by Gasteiger charge is 2.21. The molecule has 0 bridgehead atoms. The molecule has 0 amide bonds. The lowest BCUT2D eigenvalue weighted by Crippen LogP contribution is -2.11. The van der Waals surface area contributed by atoms with E-state index in [0.717, 1.165) is 16.7 Å². The lowest BCUT2D eigenvalue weighted by molar-refractivity contribution is 0.416. The lowest BCUT2D eigenvalue weighted by atomic mass is 9.85. The number of nitrogens with zero attached hydrogens (tertiary/aromatic N) is 2. The summed E-state index contributed by atoms with van der Waals surface area (Å²) in [5, 5.41) is 4.76. The molecule has 0 spiro atoms. The summed E-state index contributed by atoms with van der Waals surface area (Å²) in [4.78, 5) is 0. The largest absolute Gasteiger partial charge is 0.495 e. The first-order valence-electron chi connectivity index (χ1n) is 6.41. The van der Waals surface area contributed by atoms with E-state index in [0.29, 0.717) is 16.6 Å². The number of nitrogens with two attached hydrogens (primary N) is 1. The molecule has 0 saturated heterocycles. The molecule has 0 atom stereocenters. The van der Waals surface area contributed by atoms with Crippen LogP contribution in [0, 0.1) is 0 Å². The fourth-order valence-electron chi connectivity index (χ4n) is 2.09.